The smallest absolute Gasteiger partial charge is 0.319 e. The van der Waals surface area contributed by atoms with Crippen molar-refractivity contribution in [2.45, 2.75) is 26.7 Å². The lowest BCUT2D eigenvalue weighted by molar-refractivity contribution is -0.178. The second-order valence-corrected chi connectivity index (χ2v) is 4.06. The fourth-order valence-electron chi connectivity index (χ4n) is 2.27. The summed E-state index contributed by atoms with van der Waals surface area (Å²) in [6, 6.07) is 0. The maximum Gasteiger partial charge on any atom is 0.319 e. The summed E-state index contributed by atoms with van der Waals surface area (Å²) < 4.78 is 4.67. The zero-order valence-electron chi connectivity index (χ0n) is 7.29. The van der Waals surface area contributed by atoms with E-state index in [1.807, 2.05) is 13.8 Å². The summed E-state index contributed by atoms with van der Waals surface area (Å²) in [5.74, 6) is -0.518. The van der Waals surface area contributed by atoms with Crippen LogP contribution in [0.5, 0.6) is 0 Å². The standard InChI is InChI=1S/C9H12O3/c1-5-6-3-4-9(5,2)8(11)12-7(6)10/h5-6H,3-4H2,1-2H3/t5-,6-,9+/m0/s1. The van der Waals surface area contributed by atoms with Gasteiger partial charge >= 0.3 is 11.9 Å². The Morgan fingerprint density at radius 3 is 2.83 bits per heavy atom. The Morgan fingerprint density at radius 1 is 1.50 bits per heavy atom. The van der Waals surface area contributed by atoms with Crippen molar-refractivity contribution < 1.29 is 14.3 Å². The van der Waals surface area contributed by atoms with E-state index in [4.69, 9.17) is 0 Å². The second-order valence-electron chi connectivity index (χ2n) is 4.06. The first-order valence-corrected chi connectivity index (χ1v) is 4.32. The van der Waals surface area contributed by atoms with Crippen LogP contribution in [-0.2, 0) is 14.3 Å². The highest BCUT2D eigenvalue weighted by Gasteiger charge is 2.56. The van der Waals surface area contributed by atoms with Gasteiger partial charge in [-0.1, -0.05) is 6.92 Å². The lowest BCUT2D eigenvalue weighted by atomic mass is 9.77. The summed E-state index contributed by atoms with van der Waals surface area (Å²) in [7, 11) is 0. The second kappa shape index (κ2) is 2.09. The molecule has 1 aliphatic heterocycles. The summed E-state index contributed by atoms with van der Waals surface area (Å²) in [6.07, 6.45) is 1.60. The van der Waals surface area contributed by atoms with Crippen molar-refractivity contribution in [3.63, 3.8) is 0 Å². The van der Waals surface area contributed by atoms with Gasteiger partial charge in [-0.15, -0.1) is 0 Å². The highest BCUT2D eigenvalue weighted by atomic mass is 16.6. The lowest BCUT2D eigenvalue weighted by Gasteiger charge is -2.32. The zero-order valence-corrected chi connectivity index (χ0v) is 7.29. The van der Waals surface area contributed by atoms with E-state index in [2.05, 4.69) is 4.74 Å². The predicted octanol–water partition coefficient (Wildman–Crippen LogP) is 1.12. The maximum atomic E-state index is 11.4. The van der Waals surface area contributed by atoms with Gasteiger partial charge in [-0.2, -0.15) is 0 Å². The number of fused-ring (bicyclic) bond motifs is 2. The highest BCUT2D eigenvalue weighted by molar-refractivity contribution is 5.94. The molecule has 1 saturated heterocycles. The third-order valence-electron chi connectivity index (χ3n) is 3.55. The topological polar surface area (TPSA) is 43.4 Å². The van der Waals surface area contributed by atoms with Gasteiger partial charge in [0.1, 0.15) is 0 Å². The van der Waals surface area contributed by atoms with Crippen LogP contribution in [0.15, 0.2) is 0 Å². The van der Waals surface area contributed by atoms with Crippen LogP contribution in [0, 0.1) is 17.3 Å². The Kier molecular flexibility index (Phi) is 1.35. The van der Waals surface area contributed by atoms with Crippen molar-refractivity contribution in [2.24, 2.45) is 17.3 Å². The van der Waals surface area contributed by atoms with Crippen LogP contribution in [0.2, 0.25) is 0 Å². The quantitative estimate of drug-likeness (QED) is 0.402. The van der Waals surface area contributed by atoms with Gasteiger partial charge in [-0.3, -0.25) is 9.59 Å². The molecule has 0 aromatic heterocycles. The maximum absolute atomic E-state index is 11.4. The van der Waals surface area contributed by atoms with Crippen LogP contribution in [0.1, 0.15) is 26.7 Å². The number of ether oxygens (including phenoxy) is 1. The molecule has 3 heteroatoms. The Labute approximate surface area is 71.1 Å². The summed E-state index contributed by atoms with van der Waals surface area (Å²) in [5, 5.41) is 0. The first kappa shape index (κ1) is 7.77. The molecule has 2 bridgehead atoms. The van der Waals surface area contributed by atoms with Crippen molar-refractivity contribution in [3.05, 3.63) is 0 Å². The lowest BCUT2D eigenvalue weighted by Crippen LogP contribution is -2.42. The fourth-order valence-corrected chi connectivity index (χ4v) is 2.27. The van der Waals surface area contributed by atoms with E-state index in [9.17, 15) is 9.59 Å². The summed E-state index contributed by atoms with van der Waals surface area (Å²) in [5.41, 5.74) is -0.390. The molecule has 2 aliphatic rings. The predicted molar refractivity (Wildman–Crippen MR) is 41.1 cm³/mol. The number of hydrogen-bond donors (Lipinski definition) is 0. The highest BCUT2D eigenvalue weighted by Crippen LogP contribution is 2.50. The third kappa shape index (κ3) is 0.713. The average molecular weight is 168 g/mol. The molecular weight excluding hydrogens is 156 g/mol. The van der Waals surface area contributed by atoms with Gasteiger partial charge in [-0.05, 0) is 25.7 Å². The van der Waals surface area contributed by atoms with E-state index in [0.717, 1.165) is 12.8 Å². The minimum absolute atomic E-state index is 0.0345. The Hall–Kier alpha value is -0.860. The van der Waals surface area contributed by atoms with E-state index in [0.29, 0.717) is 0 Å². The molecule has 0 aromatic rings. The van der Waals surface area contributed by atoms with E-state index in [1.165, 1.54) is 0 Å². The Balaban J connectivity index is 2.40. The number of carbonyl (C=O) groups is 2. The minimum Gasteiger partial charge on any atom is -0.393 e. The molecule has 3 nitrogen and oxygen atoms in total. The molecule has 1 saturated carbocycles. The zero-order chi connectivity index (χ0) is 8.93. The van der Waals surface area contributed by atoms with Crippen LogP contribution in [0.3, 0.4) is 0 Å². The van der Waals surface area contributed by atoms with Crippen molar-refractivity contribution in [1.82, 2.24) is 0 Å². The third-order valence-corrected chi connectivity index (χ3v) is 3.55. The van der Waals surface area contributed by atoms with Gasteiger partial charge in [0.15, 0.2) is 0 Å². The summed E-state index contributed by atoms with van der Waals surface area (Å²) >= 11 is 0. The van der Waals surface area contributed by atoms with Crippen LogP contribution >= 0.6 is 0 Å². The van der Waals surface area contributed by atoms with Gasteiger partial charge in [0.2, 0.25) is 0 Å². The Bertz CT molecular complexity index is 258. The van der Waals surface area contributed by atoms with Crippen molar-refractivity contribution in [3.8, 4) is 0 Å². The van der Waals surface area contributed by atoms with E-state index in [1.54, 1.807) is 0 Å². The van der Waals surface area contributed by atoms with Gasteiger partial charge in [-0.25, -0.2) is 0 Å². The summed E-state index contributed by atoms with van der Waals surface area (Å²) in [6.45, 7) is 3.86. The van der Waals surface area contributed by atoms with Gasteiger partial charge < -0.3 is 4.74 Å². The van der Waals surface area contributed by atoms with Crippen molar-refractivity contribution in [2.75, 3.05) is 0 Å². The monoisotopic (exact) mass is 168 g/mol. The molecule has 0 spiro atoms. The van der Waals surface area contributed by atoms with Crippen LogP contribution in [-0.4, -0.2) is 11.9 Å². The molecule has 1 heterocycles. The largest absolute Gasteiger partial charge is 0.393 e. The number of esters is 2. The molecule has 2 fully saturated rings. The van der Waals surface area contributed by atoms with Crippen molar-refractivity contribution in [1.29, 1.82) is 0 Å². The number of rotatable bonds is 0. The molecule has 0 unspecified atom stereocenters. The summed E-state index contributed by atoms with van der Waals surface area (Å²) in [4.78, 5) is 22.5. The minimum atomic E-state index is -0.390. The van der Waals surface area contributed by atoms with Gasteiger partial charge in [0.25, 0.3) is 0 Å². The first-order chi connectivity index (χ1) is 5.55. The fraction of sp³-hybridized carbons (Fsp3) is 0.778. The molecule has 0 amide bonds. The first-order valence-electron chi connectivity index (χ1n) is 4.32. The average Bonchev–Trinajstić information content (AvgIpc) is 2.23. The van der Waals surface area contributed by atoms with E-state index < -0.39 is 5.41 Å². The van der Waals surface area contributed by atoms with Gasteiger partial charge in [0, 0.05) is 0 Å². The molecule has 0 aromatic carbocycles. The molecule has 12 heavy (non-hydrogen) atoms. The van der Waals surface area contributed by atoms with Crippen LogP contribution in [0.25, 0.3) is 0 Å². The molecule has 2 rings (SSSR count). The van der Waals surface area contributed by atoms with Crippen LogP contribution in [0.4, 0.5) is 0 Å². The number of cyclic esters (lactones) is 2. The molecule has 1 aliphatic carbocycles. The molecule has 0 N–H and O–H groups in total. The van der Waals surface area contributed by atoms with E-state index in [-0.39, 0.29) is 23.8 Å². The molecule has 0 radical (unpaired) electrons. The number of hydrogen-bond acceptors (Lipinski definition) is 3. The SMILES string of the molecule is C[C@H]1[C@@H]2CC[C@@]1(C)C(=O)OC2=O. The van der Waals surface area contributed by atoms with Crippen LogP contribution < -0.4 is 0 Å². The molecular formula is C9H12O3. The Morgan fingerprint density at radius 2 is 2.17 bits per heavy atom. The number of carbonyl (C=O) groups excluding carboxylic acids is 2. The van der Waals surface area contributed by atoms with Gasteiger partial charge in [0.05, 0.1) is 11.3 Å². The molecule has 3 atom stereocenters. The molecule has 66 valence electrons. The van der Waals surface area contributed by atoms with E-state index >= 15 is 0 Å². The normalized spacial score (nSPS) is 46.2. The van der Waals surface area contributed by atoms with Crippen molar-refractivity contribution >= 4 is 11.9 Å².